The highest BCUT2D eigenvalue weighted by atomic mass is 16.2. The monoisotopic (exact) mass is 449 g/mol. The third kappa shape index (κ3) is 5.81. The molecule has 0 bridgehead atoms. The fourth-order valence-corrected chi connectivity index (χ4v) is 4.38. The maximum absolute atomic E-state index is 13.0. The van der Waals surface area contributed by atoms with Gasteiger partial charge in [-0.3, -0.25) is 9.69 Å². The van der Waals surface area contributed by atoms with Crippen LogP contribution in [0.4, 0.5) is 10.6 Å². The molecule has 174 valence electrons. The third-order valence-electron chi connectivity index (χ3n) is 6.00. The molecular weight excluding hydrogens is 418 g/mol. The van der Waals surface area contributed by atoms with Gasteiger partial charge in [-0.15, -0.1) is 0 Å². The van der Waals surface area contributed by atoms with Gasteiger partial charge in [0.25, 0.3) is 0 Å². The van der Waals surface area contributed by atoms with Crippen molar-refractivity contribution in [2.75, 3.05) is 37.6 Å². The summed E-state index contributed by atoms with van der Waals surface area (Å²) in [6.45, 7) is 6.30. The van der Waals surface area contributed by atoms with Crippen LogP contribution in [-0.2, 0) is 11.2 Å². The smallest absolute Gasteiger partial charge is 0.312 e. The molecule has 0 radical (unpaired) electrons. The highest BCUT2D eigenvalue weighted by molar-refractivity contribution is 5.89. The van der Waals surface area contributed by atoms with Crippen LogP contribution < -0.4 is 21.3 Å². The number of para-hydroxylation sites is 1. The Morgan fingerprint density at radius 1 is 1.09 bits per heavy atom. The number of hydrogen-bond acceptors (Lipinski definition) is 5. The van der Waals surface area contributed by atoms with E-state index in [1.54, 1.807) is 0 Å². The van der Waals surface area contributed by atoms with Gasteiger partial charge in [0.2, 0.25) is 5.91 Å². The van der Waals surface area contributed by atoms with Crippen molar-refractivity contribution >= 4 is 28.7 Å². The van der Waals surface area contributed by atoms with E-state index in [4.69, 9.17) is 5.73 Å². The Morgan fingerprint density at radius 3 is 2.58 bits per heavy atom. The van der Waals surface area contributed by atoms with Crippen molar-refractivity contribution < 1.29 is 9.59 Å². The molecule has 2 unspecified atom stereocenters. The van der Waals surface area contributed by atoms with Crippen molar-refractivity contribution in [2.45, 2.75) is 25.4 Å². The van der Waals surface area contributed by atoms with Gasteiger partial charge in [0, 0.05) is 68.5 Å². The van der Waals surface area contributed by atoms with Gasteiger partial charge in [0.1, 0.15) is 11.9 Å². The topological polar surface area (TPSA) is 119 Å². The molecule has 0 saturated carbocycles. The van der Waals surface area contributed by atoms with Crippen molar-refractivity contribution in [3.05, 3.63) is 60.4 Å². The van der Waals surface area contributed by atoms with Gasteiger partial charge in [0.15, 0.2) is 0 Å². The Labute approximate surface area is 193 Å². The van der Waals surface area contributed by atoms with Gasteiger partial charge in [-0.1, -0.05) is 24.3 Å². The van der Waals surface area contributed by atoms with Crippen LogP contribution in [0, 0.1) is 0 Å². The van der Waals surface area contributed by atoms with E-state index in [-0.39, 0.29) is 11.9 Å². The number of nitrogens with one attached hydrogen (secondary N) is 3. The number of aromatic nitrogens is 2. The van der Waals surface area contributed by atoms with Gasteiger partial charge in [0.05, 0.1) is 0 Å². The number of nitrogens with zero attached hydrogens (tertiary/aromatic N) is 3. The first-order valence-corrected chi connectivity index (χ1v) is 11.3. The van der Waals surface area contributed by atoms with Crippen LogP contribution in [-0.4, -0.2) is 71.6 Å². The Balaban J connectivity index is 1.31. The van der Waals surface area contributed by atoms with E-state index in [2.05, 4.69) is 30.4 Å². The van der Waals surface area contributed by atoms with Crippen molar-refractivity contribution in [1.29, 1.82) is 0 Å². The summed E-state index contributed by atoms with van der Waals surface area (Å²) in [5.74, 6) is 0.759. The molecular formula is C24H31N7O2. The van der Waals surface area contributed by atoms with E-state index >= 15 is 0 Å². The molecule has 1 aliphatic heterocycles. The van der Waals surface area contributed by atoms with E-state index in [0.29, 0.717) is 6.42 Å². The second-order valence-electron chi connectivity index (χ2n) is 8.51. The lowest BCUT2D eigenvalue weighted by molar-refractivity contribution is -0.123. The summed E-state index contributed by atoms with van der Waals surface area (Å²) in [5.41, 5.74) is 7.30. The predicted molar refractivity (Wildman–Crippen MR) is 129 cm³/mol. The maximum atomic E-state index is 13.0. The van der Waals surface area contributed by atoms with Gasteiger partial charge in [-0.25, -0.2) is 9.78 Å². The molecule has 0 spiro atoms. The second-order valence-corrected chi connectivity index (χ2v) is 8.51. The fraction of sp³-hybridized carbons (Fsp3) is 0.375. The average Bonchev–Trinajstić information content (AvgIpc) is 3.22. The number of fused-ring (bicyclic) bond motifs is 1. The number of amides is 3. The Hall–Kier alpha value is -3.59. The maximum Gasteiger partial charge on any atom is 0.312 e. The lowest BCUT2D eigenvalue weighted by Crippen LogP contribution is -2.55. The van der Waals surface area contributed by atoms with Gasteiger partial charge in [-0.05, 0) is 30.7 Å². The van der Waals surface area contributed by atoms with Crippen LogP contribution in [0.1, 0.15) is 12.5 Å². The Bertz CT molecular complexity index is 1080. The van der Waals surface area contributed by atoms with E-state index < -0.39 is 12.1 Å². The van der Waals surface area contributed by atoms with Crippen LogP contribution in [0.2, 0.25) is 0 Å². The summed E-state index contributed by atoms with van der Waals surface area (Å²) in [4.78, 5) is 36.8. The molecule has 3 aromatic rings. The summed E-state index contributed by atoms with van der Waals surface area (Å²) < 4.78 is 0. The molecule has 0 aliphatic carbocycles. The van der Waals surface area contributed by atoms with Crippen LogP contribution >= 0.6 is 0 Å². The number of anilines is 1. The molecule has 1 saturated heterocycles. The summed E-state index contributed by atoms with van der Waals surface area (Å²) in [6.07, 6.45) is 4.04. The molecule has 1 fully saturated rings. The first kappa shape index (κ1) is 22.6. The lowest BCUT2D eigenvalue weighted by atomic mass is 10.0. The van der Waals surface area contributed by atoms with Crippen LogP contribution in [0.25, 0.3) is 10.9 Å². The molecule has 9 heteroatoms. The van der Waals surface area contributed by atoms with Crippen LogP contribution in [0.5, 0.6) is 0 Å². The zero-order chi connectivity index (χ0) is 23.2. The molecule has 3 heterocycles. The lowest BCUT2D eigenvalue weighted by Gasteiger charge is -2.36. The number of H-pyrrole nitrogens is 1. The number of benzene rings is 1. The number of nitrogens with two attached hydrogens (primary N) is 1. The number of carbonyl (C=O) groups excluding carboxylic acids is 2. The number of pyridine rings is 1. The first-order valence-electron chi connectivity index (χ1n) is 11.3. The number of aromatic amines is 1. The third-order valence-corrected chi connectivity index (χ3v) is 6.00. The molecule has 2 atom stereocenters. The quantitative estimate of drug-likeness (QED) is 0.415. The van der Waals surface area contributed by atoms with Gasteiger partial charge < -0.3 is 26.3 Å². The molecule has 9 nitrogen and oxygen atoms in total. The van der Waals surface area contributed by atoms with E-state index in [1.807, 2.05) is 61.8 Å². The van der Waals surface area contributed by atoms with E-state index in [1.165, 1.54) is 0 Å². The summed E-state index contributed by atoms with van der Waals surface area (Å²) >= 11 is 0. The minimum absolute atomic E-state index is 0.0703. The number of rotatable bonds is 8. The summed E-state index contributed by atoms with van der Waals surface area (Å²) in [5, 5.41) is 6.68. The summed E-state index contributed by atoms with van der Waals surface area (Å²) in [6, 6.07) is 12.3. The van der Waals surface area contributed by atoms with Crippen LogP contribution in [0.15, 0.2) is 54.9 Å². The molecule has 3 amide bonds. The fourth-order valence-electron chi connectivity index (χ4n) is 4.38. The number of urea groups is 1. The minimum Gasteiger partial charge on any atom is -0.361 e. The molecule has 5 N–H and O–H groups in total. The van der Waals surface area contributed by atoms with Crippen LogP contribution in [0.3, 0.4) is 0 Å². The average molecular weight is 450 g/mol. The summed E-state index contributed by atoms with van der Waals surface area (Å²) in [7, 11) is 0. The number of hydrogen-bond donors (Lipinski definition) is 4. The first-order chi connectivity index (χ1) is 16.0. The number of piperazine rings is 1. The minimum atomic E-state index is -0.745. The predicted octanol–water partition coefficient (Wildman–Crippen LogP) is 1.47. The largest absolute Gasteiger partial charge is 0.361 e. The van der Waals surface area contributed by atoms with Gasteiger partial charge in [-0.2, -0.15) is 0 Å². The molecule has 33 heavy (non-hydrogen) atoms. The van der Waals surface area contributed by atoms with Crippen molar-refractivity contribution in [1.82, 2.24) is 25.5 Å². The molecule has 2 aromatic heterocycles. The second kappa shape index (κ2) is 10.4. The molecule has 4 rings (SSSR count). The van der Waals surface area contributed by atoms with Crippen molar-refractivity contribution in [3.63, 3.8) is 0 Å². The van der Waals surface area contributed by atoms with E-state index in [9.17, 15) is 9.59 Å². The van der Waals surface area contributed by atoms with Gasteiger partial charge >= 0.3 is 6.03 Å². The zero-order valence-corrected chi connectivity index (χ0v) is 18.8. The van der Waals surface area contributed by atoms with E-state index in [0.717, 1.165) is 55.0 Å². The Kier molecular flexibility index (Phi) is 7.09. The van der Waals surface area contributed by atoms with Crippen molar-refractivity contribution in [3.8, 4) is 0 Å². The standard InChI is InChI=1S/C24H31N7O2/c1-17(16-30-10-12-31(13-11-30)22-8-4-5-9-26-22)28-23(32)21(29-24(25)33)14-18-15-27-20-7-3-2-6-19(18)20/h2-9,15,17,21,27H,10-14,16H2,1H3,(H,28,32)(H3,25,29,33). The van der Waals surface area contributed by atoms with Crippen molar-refractivity contribution in [2.24, 2.45) is 5.73 Å². The zero-order valence-electron chi connectivity index (χ0n) is 18.8. The molecule has 1 aromatic carbocycles. The number of primary amides is 1. The normalized spacial score (nSPS) is 16.3. The number of carbonyl (C=O) groups is 2. The SMILES string of the molecule is CC(CN1CCN(c2ccccn2)CC1)NC(=O)C(Cc1c[nH]c2ccccc12)NC(N)=O. The Morgan fingerprint density at radius 2 is 1.85 bits per heavy atom. The molecule has 1 aliphatic rings. The highest BCUT2D eigenvalue weighted by Crippen LogP contribution is 2.19. The highest BCUT2D eigenvalue weighted by Gasteiger charge is 2.25.